The van der Waals surface area contributed by atoms with E-state index in [0.717, 1.165) is 11.8 Å². The van der Waals surface area contributed by atoms with E-state index in [-0.39, 0.29) is 0 Å². The molecule has 0 nitrogen and oxygen atoms in total. The van der Waals surface area contributed by atoms with Crippen LogP contribution in [0.2, 0.25) is 0 Å². The second-order valence-corrected chi connectivity index (χ2v) is 10.7. The number of rotatable bonds is 14. The van der Waals surface area contributed by atoms with Crippen LogP contribution in [0.25, 0.3) is 0 Å². The first-order chi connectivity index (χ1) is 9.13. The maximum atomic E-state index is 2.32. The van der Waals surface area contributed by atoms with Gasteiger partial charge >= 0.3 is 0 Å². The fourth-order valence-electron chi connectivity index (χ4n) is 1.88. The molecule has 0 saturated carbocycles. The van der Waals surface area contributed by atoms with Crippen LogP contribution in [0.5, 0.6) is 0 Å². The fraction of sp³-hybridized carbons (Fsp3) is 1.00. The topological polar surface area (TPSA) is 0 Å². The summed E-state index contributed by atoms with van der Waals surface area (Å²) in [6, 6.07) is 0. The molecule has 3 heteroatoms. The monoisotopic (exact) mass is 322 g/mol. The molecular weight excluding hydrogens is 288 g/mol. The summed E-state index contributed by atoms with van der Waals surface area (Å²) in [5.41, 5.74) is 0. The molecule has 0 radical (unpaired) electrons. The van der Waals surface area contributed by atoms with Crippen LogP contribution in [0.4, 0.5) is 0 Å². The van der Waals surface area contributed by atoms with Crippen molar-refractivity contribution in [3.63, 3.8) is 0 Å². The highest BCUT2D eigenvalue weighted by Crippen LogP contribution is 2.35. The second kappa shape index (κ2) is 15.4. The zero-order chi connectivity index (χ0) is 14.3. The van der Waals surface area contributed by atoms with Crippen LogP contribution in [0, 0.1) is 11.8 Å². The van der Waals surface area contributed by atoms with Crippen LogP contribution in [0.1, 0.15) is 79.1 Å². The highest BCUT2D eigenvalue weighted by molar-refractivity contribution is 9.09. The lowest BCUT2D eigenvalue weighted by molar-refractivity contribution is 0.535. The predicted molar refractivity (Wildman–Crippen MR) is 99.1 cm³/mol. The zero-order valence-electron chi connectivity index (χ0n) is 13.5. The van der Waals surface area contributed by atoms with E-state index in [9.17, 15) is 0 Å². The van der Waals surface area contributed by atoms with Gasteiger partial charge in [-0.2, -0.15) is 0 Å². The Morgan fingerprint density at radius 3 is 1.37 bits per heavy atom. The van der Waals surface area contributed by atoms with Crippen molar-refractivity contribution in [2.45, 2.75) is 79.1 Å². The molecule has 0 aliphatic rings. The van der Waals surface area contributed by atoms with E-state index in [1.807, 2.05) is 9.83 Å². The molecule has 0 atom stereocenters. The molecule has 0 heterocycles. The first-order valence-electron chi connectivity index (χ1n) is 8.04. The highest BCUT2D eigenvalue weighted by Gasteiger charge is 1.97. The quantitative estimate of drug-likeness (QED) is 0.241. The standard InChI is InChI=1S/C16H34S3/c1-15(2)11-7-5-9-13-17-19-18-14-10-6-8-12-16(3)4/h15-16H,5-14H2,1-4H3. The van der Waals surface area contributed by atoms with Gasteiger partial charge in [0, 0.05) is 11.5 Å². The molecule has 116 valence electrons. The molecule has 0 aromatic rings. The second-order valence-electron chi connectivity index (χ2n) is 6.20. The van der Waals surface area contributed by atoms with Gasteiger partial charge in [-0.05, 0) is 34.5 Å². The minimum atomic E-state index is 0.883. The van der Waals surface area contributed by atoms with Gasteiger partial charge in [0.15, 0.2) is 0 Å². The summed E-state index contributed by atoms with van der Waals surface area (Å²) in [5.74, 6) is 4.44. The fourth-order valence-corrected chi connectivity index (χ4v) is 5.89. The van der Waals surface area contributed by atoms with Gasteiger partial charge in [0.2, 0.25) is 0 Å². The summed E-state index contributed by atoms with van der Waals surface area (Å²) in [7, 11) is 6.14. The van der Waals surface area contributed by atoms with Crippen molar-refractivity contribution in [3.8, 4) is 0 Å². The molecule has 0 N–H and O–H groups in total. The number of hydrogen-bond acceptors (Lipinski definition) is 3. The Bertz CT molecular complexity index is 151. The van der Waals surface area contributed by atoms with Crippen molar-refractivity contribution in [1.29, 1.82) is 0 Å². The van der Waals surface area contributed by atoms with E-state index in [1.54, 1.807) is 0 Å². The lowest BCUT2D eigenvalue weighted by Crippen LogP contribution is -1.87. The first-order valence-corrected chi connectivity index (χ1v) is 11.9. The van der Waals surface area contributed by atoms with E-state index < -0.39 is 0 Å². The van der Waals surface area contributed by atoms with E-state index in [1.165, 1.54) is 62.9 Å². The van der Waals surface area contributed by atoms with Crippen molar-refractivity contribution in [2.24, 2.45) is 11.8 Å². The summed E-state index contributed by atoms with van der Waals surface area (Å²) in [6.07, 6.45) is 11.3. The molecule has 0 unspecified atom stereocenters. The van der Waals surface area contributed by atoms with Crippen LogP contribution < -0.4 is 0 Å². The van der Waals surface area contributed by atoms with Crippen LogP contribution in [-0.2, 0) is 0 Å². The molecule has 0 aromatic heterocycles. The Morgan fingerprint density at radius 2 is 1.00 bits per heavy atom. The van der Waals surface area contributed by atoms with E-state index in [2.05, 4.69) is 49.3 Å². The molecule has 0 aliphatic carbocycles. The molecule has 0 saturated heterocycles. The molecule has 0 aromatic carbocycles. The van der Waals surface area contributed by atoms with Gasteiger partial charge < -0.3 is 0 Å². The Hall–Kier alpha value is 1.05. The molecule has 0 rings (SSSR count). The largest absolute Gasteiger partial charge is 0.0826 e. The molecule has 0 fully saturated rings. The van der Waals surface area contributed by atoms with Crippen molar-refractivity contribution in [1.82, 2.24) is 0 Å². The van der Waals surface area contributed by atoms with Gasteiger partial charge in [0.1, 0.15) is 0 Å². The van der Waals surface area contributed by atoms with Gasteiger partial charge in [-0.3, -0.25) is 0 Å². The van der Waals surface area contributed by atoms with Crippen molar-refractivity contribution in [2.75, 3.05) is 11.5 Å². The predicted octanol–water partition coefficient (Wildman–Crippen LogP) is 7.45. The Labute approximate surface area is 133 Å². The van der Waals surface area contributed by atoms with Crippen molar-refractivity contribution in [3.05, 3.63) is 0 Å². The molecule has 0 amide bonds. The maximum Gasteiger partial charge on any atom is 0.00451 e. The van der Waals surface area contributed by atoms with Gasteiger partial charge in [-0.15, -0.1) is 0 Å². The summed E-state index contributed by atoms with van der Waals surface area (Å²) in [6.45, 7) is 9.29. The van der Waals surface area contributed by atoms with E-state index >= 15 is 0 Å². The maximum absolute atomic E-state index is 2.32. The van der Waals surface area contributed by atoms with Crippen LogP contribution in [0.15, 0.2) is 0 Å². The SMILES string of the molecule is CC(C)CCCCCSSSCCCCCC(C)C. The highest BCUT2D eigenvalue weighted by atomic mass is 33.5. The zero-order valence-corrected chi connectivity index (χ0v) is 15.9. The molecule has 0 aliphatic heterocycles. The first kappa shape index (κ1) is 20.1. The molecular formula is C16H34S3. The Balaban J connectivity index is 2.95. The molecule has 19 heavy (non-hydrogen) atoms. The minimum Gasteiger partial charge on any atom is -0.0826 e. The average molecular weight is 323 g/mol. The van der Waals surface area contributed by atoms with Crippen LogP contribution in [-0.4, -0.2) is 11.5 Å². The van der Waals surface area contributed by atoms with Gasteiger partial charge in [0.25, 0.3) is 0 Å². The van der Waals surface area contributed by atoms with E-state index in [4.69, 9.17) is 0 Å². The minimum absolute atomic E-state index is 0.883. The summed E-state index contributed by atoms with van der Waals surface area (Å²) in [5, 5.41) is 0. The summed E-state index contributed by atoms with van der Waals surface area (Å²) in [4.78, 5) is 0. The summed E-state index contributed by atoms with van der Waals surface area (Å²) < 4.78 is 0. The third-order valence-corrected chi connectivity index (χ3v) is 7.53. The third kappa shape index (κ3) is 19.0. The molecule has 0 spiro atoms. The number of hydrogen-bond donors (Lipinski definition) is 0. The van der Waals surface area contributed by atoms with Crippen molar-refractivity contribution < 1.29 is 0 Å². The molecule has 0 bridgehead atoms. The van der Waals surface area contributed by atoms with Crippen LogP contribution >= 0.6 is 31.4 Å². The lowest BCUT2D eigenvalue weighted by atomic mass is 10.1. The van der Waals surface area contributed by atoms with Gasteiger partial charge in [-0.25, -0.2) is 0 Å². The van der Waals surface area contributed by atoms with Crippen molar-refractivity contribution >= 4 is 31.4 Å². The number of unbranched alkanes of at least 4 members (excludes halogenated alkanes) is 4. The Morgan fingerprint density at radius 1 is 0.579 bits per heavy atom. The normalized spacial score (nSPS) is 11.7. The smallest absolute Gasteiger partial charge is 0.00451 e. The third-order valence-electron chi connectivity index (χ3n) is 3.11. The summed E-state index contributed by atoms with van der Waals surface area (Å²) >= 11 is 0. The average Bonchev–Trinajstić information content (AvgIpc) is 2.34. The van der Waals surface area contributed by atoms with E-state index in [0.29, 0.717) is 0 Å². The lowest BCUT2D eigenvalue weighted by Gasteiger charge is -2.05. The van der Waals surface area contributed by atoms with Gasteiger partial charge in [0.05, 0.1) is 0 Å². The Kier molecular flexibility index (Phi) is 16.3. The van der Waals surface area contributed by atoms with Crippen LogP contribution in [0.3, 0.4) is 0 Å². The van der Waals surface area contributed by atoms with Gasteiger partial charge in [-0.1, -0.05) is 87.8 Å².